The van der Waals surface area contributed by atoms with E-state index in [4.69, 9.17) is 0 Å². The minimum atomic E-state index is -0.131. The van der Waals surface area contributed by atoms with Gasteiger partial charge in [0.15, 0.2) is 0 Å². The number of nitrogens with zero attached hydrogens (tertiary/aromatic N) is 3. The Morgan fingerprint density at radius 2 is 2.15 bits per heavy atom. The summed E-state index contributed by atoms with van der Waals surface area (Å²) in [7, 11) is 1.84. The quantitative estimate of drug-likeness (QED) is 0.788. The van der Waals surface area contributed by atoms with E-state index in [1.165, 1.54) is 0 Å². The first-order chi connectivity index (χ1) is 9.54. The number of carbonyl (C=O) groups is 1. The molecule has 2 aromatic heterocycles. The van der Waals surface area contributed by atoms with Gasteiger partial charge >= 0.3 is 0 Å². The van der Waals surface area contributed by atoms with Crippen molar-refractivity contribution in [3.63, 3.8) is 0 Å². The van der Waals surface area contributed by atoms with Gasteiger partial charge in [-0.2, -0.15) is 5.10 Å². The van der Waals surface area contributed by atoms with Crippen LogP contribution in [0.2, 0.25) is 0 Å². The van der Waals surface area contributed by atoms with Crippen molar-refractivity contribution >= 4 is 33.1 Å². The second-order valence-corrected chi connectivity index (χ2v) is 5.87. The fraction of sp³-hybridized carbons (Fsp3) is 0.214. The number of thiazole rings is 1. The van der Waals surface area contributed by atoms with E-state index in [-0.39, 0.29) is 5.91 Å². The number of nitrogens with one attached hydrogen (secondary N) is 1. The number of amides is 1. The maximum atomic E-state index is 12.3. The van der Waals surface area contributed by atoms with Crippen LogP contribution in [0.15, 0.2) is 24.4 Å². The molecule has 0 saturated carbocycles. The van der Waals surface area contributed by atoms with Gasteiger partial charge in [0.2, 0.25) is 0 Å². The molecular weight excluding hydrogens is 272 g/mol. The summed E-state index contributed by atoms with van der Waals surface area (Å²) in [5, 5.41) is 7.99. The molecule has 1 amide bonds. The number of benzene rings is 1. The summed E-state index contributed by atoms with van der Waals surface area (Å²) in [4.78, 5) is 16.7. The molecular formula is C14H14N4OS. The summed E-state index contributed by atoms with van der Waals surface area (Å²) in [5.41, 5.74) is 3.22. The largest absolute Gasteiger partial charge is 0.319 e. The van der Waals surface area contributed by atoms with Gasteiger partial charge in [-0.3, -0.25) is 9.48 Å². The van der Waals surface area contributed by atoms with Crippen molar-refractivity contribution in [1.82, 2.24) is 14.8 Å². The molecule has 0 fully saturated rings. The van der Waals surface area contributed by atoms with E-state index in [1.807, 2.05) is 33.0 Å². The second kappa shape index (κ2) is 4.72. The van der Waals surface area contributed by atoms with Crippen LogP contribution in [0, 0.1) is 13.8 Å². The predicted octanol–water partition coefficient (Wildman–Crippen LogP) is 2.90. The topological polar surface area (TPSA) is 59.8 Å². The average molecular weight is 286 g/mol. The van der Waals surface area contributed by atoms with Gasteiger partial charge in [-0.15, -0.1) is 11.3 Å². The summed E-state index contributed by atoms with van der Waals surface area (Å²) < 4.78 is 2.75. The number of hydrogen-bond acceptors (Lipinski definition) is 4. The number of rotatable bonds is 2. The highest BCUT2D eigenvalue weighted by Crippen LogP contribution is 2.23. The van der Waals surface area contributed by atoms with Crippen LogP contribution >= 0.6 is 11.3 Å². The van der Waals surface area contributed by atoms with Crippen LogP contribution in [0.3, 0.4) is 0 Å². The average Bonchev–Trinajstić information content (AvgIpc) is 2.93. The zero-order valence-electron chi connectivity index (χ0n) is 11.5. The molecule has 0 bridgehead atoms. The Morgan fingerprint density at radius 3 is 2.85 bits per heavy atom. The summed E-state index contributed by atoms with van der Waals surface area (Å²) in [6, 6.07) is 5.55. The zero-order chi connectivity index (χ0) is 14.3. The van der Waals surface area contributed by atoms with Gasteiger partial charge in [0.25, 0.3) is 5.91 Å². The van der Waals surface area contributed by atoms with Crippen molar-refractivity contribution in [3.8, 4) is 0 Å². The first kappa shape index (κ1) is 12.8. The Labute approximate surface area is 120 Å². The number of aryl methyl sites for hydroxylation is 2. The Kier molecular flexibility index (Phi) is 3.02. The van der Waals surface area contributed by atoms with Crippen LogP contribution < -0.4 is 5.32 Å². The highest BCUT2D eigenvalue weighted by Gasteiger charge is 2.11. The number of carbonyl (C=O) groups excluding carboxylic acids is 1. The SMILES string of the molecule is Cc1nc2ccc(C(=O)Nc3cnn(C)c3C)cc2s1. The molecule has 0 atom stereocenters. The highest BCUT2D eigenvalue weighted by molar-refractivity contribution is 7.18. The molecule has 102 valence electrons. The van der Waals surface area contributed by atoms with Crippen molar-refractivity contribution in [2.24, 2.45) is 7.05 Å². The van der Waals surface area contributed by atoms with Gasteiger partial charge in [-0.25, -0.2) is 4.98 Å². The maximum Gasteiger partial charge on any atom is 0.255 e. The molecule has 6 heteroatoms. The number of anilines is 1. The van der Waals surface area contributed by atoms with E-state index in [2.05, 4.69) is 15.4 Å². The lowest BCUT2D eigenvalue weighted by molar-refractivity contribution is 0.102. The molecule has 0 radical (unpaired) electrons. The summed E-state index contributed by atoms with van der Waals surface area (Å²) in [6.45, 7) is 3.88. The molecule has 0 aliphatic heterocycles. The lowest BCUT2D eigenvalue weighted by Crippen LogP contribution is -2.12. The first-order valence-corrected chi connectivity index (χ1v) is 7.03. The van der Waals surface area contributed by atoms with Crippen LogP contribution in [0.4, 0.5) is 5.69 Å². The molecule has 5 nitrogen and oxygen atoms in total. The van der Waals surface area contributed by atoms with Gasteiger partial charge < -0.3 is 5.32 Å². The van der Waals surface area contributed by atoms with Crippen molar-refractivity contribution in [2.45, 2.75) is 13.8 Å². The Hall–Kier alpha value is -2.21. The van der Waals surface area contributed by atoms with Gasteiger partial charge in [-0.1, -0.05) is 0 Å². The normalized spacial score (nSPS) is 10.9. The molecule has 3 aromatic rings. The van der Waals surface area contributed by atoms with Crippen LogP contribution in [-0.4, -0.2) is 20.7 Å². The standard InChI is InChI=1S/C14H14N4OS/c1-8-12(7-15-18(8)3)17-14(19)10-4-5-11-13(6-10)20-9(2)16-11/h4-7H,1-3H3,(H,17,19). The molecule has 20 heavy (non-hydrogen) atoms. The third-order valence-corrected chi connectivity index (χ3v) is 4.17. The molecule has 0 unspecified atom stereocenters. The fourth-order valence-corrected chi connectivity index (χ4v) is 2.86. The van der Waals surface area contributed by atoms with Gasteiger partial charge in [0.05, 0.1) is 32.8 Å². The highest BCUT2D eigenvalue weighted by atomic mass is 32.1. The Bertz CT molecular complexity index is 803. The number of fused-ring (bicyclic) bond motifs is 1. The minimum Gasteiger partial charge on any atom is -0.319 e. The number of aromatic nitrogens is 3. The van der Waals surface area contributed by atoms with Crippen molar-refractivity contribution in [2.75, 3.05) is 5.32 Å². The Balaban J connectivity index is 1.90. The number of hydrogen-bond donors (Lipinski definition) is 1. The molecule has 0 aliphatic rings. The second-order valence-electron chi connectivity index (χ2n) is 4.64. The monoisotopic (exact) mass is 286 g/mol. The molecule has 1 N–H and O–H groups in total. The van der Waals surface area contributed by atoms with Crippen LogP contribution in [0.25, 0.3) is 10.2 Å². The lowest BCUT2D eigenvalue weighted by atomic mass is 10.2. The van der Waals surface area contributed by atoms with E-state index in [1.54, 1.807) is 28.3 Å². The molecule has 0 aliphatic carbocycles. The van der Waals surface area contributed by atoms with Crippen molar-refractivity contribution in [1.29, 1.82) is 0 Å². The van der Waals surface area contributed by atoms with E-state index >= 15 is 0 Å². The maximum absolute atomic E-state index is 12.3. The molecule has 0 spiro atoms. The summed E-state index contributed by atoms with van der Waals surface area (Å²) in [6.07, 6.45) is 1.66. The predicted molar refractivity (Wildman–Crippen MR) is 80.3 cm³/mol. The van der Waals surface area contributed by atoms with E-state index < -0.39 is 0 Å². The van der Waals surface area contributed by atoms with Crippen LogP contribution in [0.1, 0.15) is 21.1 Å². The van der Waals surface area contributed by atoms with E-state index in [0.717, 1.165) is 26.6 Å². The van der Waals surface area contributed by atoms with E-state index in [9.17, 15) is 4.79 Å². The molecule has 1 aromatic carbocycles. The van der Waals surface area contributed by atoms with Crippen LogP contribution in [-0.2, 0) is 7.05 Å². The van der Waals surface area contributed by atoms with Gasteiger partial charge in [0, 0.05) is 12.6 Å². The smallest absolute Gasteiger partial charge is 0.255 e. The first-order valence-electron chi connectivity index (χ1n) is 6.22. The lowest BCUT2D eigenvalue weighted by Gasteiger charge is -2.04. The summed E-state index contributed by atoms with van der Waals surface area (Å²) in [5.74, 6) is -0.131. The Morgan fingerprint density at radius 1 is 1.35 bits per heavy atom. The zero-order valence-corrected chi connectivity index (χ0v) is 12.3. The minimum absolute atomic E-state index is 0.131. The van der Waals surface area contributed by atoms with E-state index in [0.29, 0.717) is 5.56 Å². The van der Waals surface area contributed by atoms with Crippen molar-refractivity contribution < 1.29 is 4.79 Å². The molecule has 0 saturated heterocycles. The molecule has 2 heterocycles. The molecule has 3 rings (SSSR count). The summed E-state index contributed by atoms with van der Waals surface area (Å²) >= 11 is 1.59. The van der Waals surface area contributed by atoms with Gasteiger partial charge in [-0.05, 0) is 32.0 Å². The van der Waals surface area contributed by atoms with Crippen molar-refractivity contribution in [3.05, 3.63) is 40.7 Å². The fourth-order valence-electron chi connectivity index (χ4n) is 2.00. The van der Waals surface area contributed by atoms with Crippen LogP contribution in [0.5, 0.6) is 0 Å². The third-order valence-electron chi connectivity index (χ3n) is 3.24. The van der Waals surface area contributed by atoms with Gasteiger partial charge in [0.1, 0.15) is 0 Å². The third kappa shape index (κ3) is 2.18.